The molecule has 0 saturated carbocycles. The summed E-state index contributed by atoms with van der Waals surface area (Å²) in [5, 5.41) is 28.7. The number of aliphatic hydroxyl groups is 3. The number of aliphatic hydroxyl groups excluding tert-OH is 3. The van der Waals surface area contributed by atoms with Gasteiger partial charge in [-0.2, -0.15) is 0 Å². The second-order valence-corrected chi connectivity index (χ2v) is 4.56. The molecule has 1 aliphatic carbocycles. The van der Waals surface area contributed by atoms with Gasteiger partial charge in [0, 0.05) is 18.1 Å². The van der Waals surface area contributed by atoms with Gasteiger partial charge in [-0.15, -0.1) is 0 Å². The lowest BCUT2D eigenvalue weighted by atomic mass is 10.0. The SMILES string of the molecule is C[N+]1=CC=C(C=C2C(O)=CC(O)C2O)CCC1. The van der Waals surface area contributed by atoms with Crippen molar-refractivity contribution in [1.29, 1.82) is 0 Å². The Bertz CT molecular complexity index is 432. The zero-order chi connectivity index (χ0) is 12.4. The maximum atomic E-state index is 9.70. The van der Waals surface area contributed by atoms with Gasteiger partial charge in [-0.05, 0) is 24.1 Å². The molecule has 2 aliphatic rings. The molecule has 4 heteroatoms. The van der Waals surface area contributed by atoms with E-state index in [0.717, 1.165) is 25.0 Å². The first-order valence-corrected chi connectivity index (χ1v) is 5.81. The third kappa shape index (κ3) is 2.65. The summed E-state index contributed by atoms with van der Waals surface area (Å²) in [7, 11) is 2.01. The van der Waals surface area contributed by atoms with Crippen LogP contribution in [0.3, 0.4) is 0 Å². The predicted molar refractivity (Wildman–Crippen MR) is 65.2 cm³/mol. The summed E-state index contributed by atoms with van der Waals surface area (Å²) in [4.78, 5) is 0. The van der Waals surface area contributed by atoms with Crippen molar-refractivity contribution < 1.29 is 19.9 Å². The van der Waals surface area contributed by atoms with Crippen LogP contribution in [0, 0.1) is 0 Å². The van der Waals surface area contributed by atoms with E-state index in [0.29, 0.717) is 5.57 Å². The van der Waals surface area contributed by atoms with Gasteiger partial charge in [0.25, 0.3) is 0 Å². The average Bonchev–Trinajstić information content (AvgIpc) is 2.46. The van der Waals surface area contributed by atoms with E-state index in [1.54, 1.807) is 6.08 Å². The molecule has 0 saturated heterocycles. The summed E-state index contributed by atoms with van der Waals surface area (Å²) in [5.74, 6) is -0.0245. The zero-order valence-corrected chi connectivity index (χ0v) is 9.87. The van der Waals surface area contributed by atoms with Gasteiger partial charge < -0.3 is 15.3 Å². The molecule has 0 fully saturated rings. The van der Waals surface area contributed by atoms with Crippen molar-refractivity contribution >= 4 is 6.21 Å². The third-order valence-corrected chi connectivity index (χ3v) is 3.13. The van der Waals surface area contributed by atoms with Crippen LogP contribution in [0.5, 0.6) is 0 Å². The minimum absolute atomic E-state index is 0.0245. The molecule has 92 valence electrons. The monoisotopic (exact) mass is 236 g/mol. The second kappa shape index (κ2) is 4.85. The molecular formula is C13H18NO3+. The topological polar surface area (TPSA) is 63.7 Å². The van der Waals surface area contributed by atoms with Crippen LogP contribution >= 0.6 is 0 Å². The number of allylic oxidation sites excluding steroid dienone is 3. The van der Waals surface area contributed by atoms with Crippen molar-refractivity contribution in [2.24, 2.45) is 0 Å². The molecule has 0 bridgehead atoms. The molecule has 4 nitrogen and oxygen atoms in total. The first-order valence-electron chi connectivity index (χ1n) is 5.81. The first kappa shape index (κ1) is 12.1. The molecule has 2 rings (SSSR count). The number of rotatable bonds is 1. The highest BCUT2D eigenvalue weighted by molar-refractivity contribution is 5.69. The van der Waals surface area contributed by atoms with Crippen molar-refractivity contribution in [3.63, 3.8) is 0 Å². The van der Waals surface area contributed by atoms with Gasteiger partial charge in [-0.25, -0.2) is 4.58 Å². The minimum atomic E-state index is -1.02. The molecular weight excluding hydrogens is 218 g/mol. The smallest absolute Gasteiger partial charge is 0.163 e. The lowest BCUT2D eigenvalue weighted by Crippen LogP contribution is -2.20. The fraction of sp³-hybridized carbons (Fsp3) is 0.462. The molecule has 2 unspecified atom stereocenters. The number of hydrogen-bond acceptors (Lipinski definition) is 3. The Balaban J connectivity index is 2.22. The molecule has 0 amide bonds. The van der Waals surface area contributed by atoms with Crippen LogP contribution in [0.4, 0.5) is 0 Å². The Morgan fingerprint density at radius 1 is 1.41 bits per heavy atom. The van der Waals surface area contributed by atoms with E-state index < -0.39 is 12.2 Å². The van der Waals surface area contributed by atoms with E-state index in [2.05, 4.69) is 4.58 Å². The third-order valence-electron chi connectivity index (χ3n) is 3.13. The highest BCUT2D eigenvalue weighted by Crippen LogP contribution is 2.26. The van der Waals surface area contributed by atoms with Gasteiger partial charge in [0.1, 0.15) is 31.6 Å². The quantitative estimate of drug-likeness (QED) is 0.582. The Morgan fingerprint density at radius 2 is 2.18 bits per heavy atom. The van der Waals surface area contributed by atoms with E-state index in [1.165, 1.54) is 6.08 Å². The Morgan fingerprint density at radius 3 is 2.82 bits per heavy atom. The molecule has 0 spiro atoms. The molecule has 3 N–H and O–H groups in total. The molecule has 0 aromatic heterocycles. The molecule has 0 aromatic carbocycles. The molecule has 2 atom stereocenters. The van der Waals surface area contributed by atoms with Gasteiger partial charge in [0.15, 0.2) is 6.21 Å². The summed E-state index contributed by atoms with van der Waals surface area (Å²) in [6.07, 6.45) is 6.91. The van der Waals surface area contributed by atoms with Crippen molar-refractivity contribution in [3.8, 4) is 0 Å². The Kier molecular flexibility index (Phi) is 3.45. The summed E-state index contributed by atoms with van der Waals surface area (Å²) in [6, 6.07) is 0. The van der Waals surface area contributed by atoms with Gasteiger partial charge in [-0.3, -0.25) is 0 Å². The molecule has 1 aliphatic heterocycles. The van der Waals surface area contributed by atoms with Crippen LogP contribution in [0.1, 0.15) is 12.8 Å². The molecule has 1 heterocycles. The van der Waals surface area contributed by atoms with E-state index in [1.807, 2.05) is 19.3 Å². The summed E-state index contributed by atoms with van der Waals surface area (Å²) in [6.45, 7) is 0.996. The highest BCUT2D eigenvalue weighted by atomic mass is 16.3. The van der Waals surface area contributed by atoms with Crippen molar-refractivity contribution in [2.75, 3.05) is 13.6 Å². The van der Waals surface area contributed by atoms with E-state index >= 15 is 0 Å². The van der Waals surface area contributed by atoms with Gasteiger partial charge in [0.05, 0.1) is 0 Å². The van der Waals surface area contributed by atoms with Crippen LogP contribution in [0.2, 0.25) is 0 Å². The molecule has 0 aromatic rings. The summed E-state index contributed by atoms with van der Waals surface area (Å²) in [5.41, 5.74) is 1.46. The molecule has 0 radical (unpaired) electrons. The maximum absolute atomic E-state index is 9.70. The number of nitrogens with zero attached hydrogens (tertiary/aromatic N) is 1. The van der Waals surface area contributed by atoms with Gasteiger partial charge in [-0.1, -0.05) is 0 Å². The normalized spacial score (nSPS) is 31.9. The highest BCUT2D eigenvalue weighted by Gasteiger charge is 2.29. The second-order valence-electron chi connectivity index (χ2n) is 4.56. The summed E-state index contributed by atoms with van der Waals surface area (Å²) < 4.78 is 2.10. The zero-order valence-electron chi connectivity index (χ0n) is 9.87. The standard InChI is InChI=1S/C13H17NO3/c1-14-5-2-3-9(4-6-14)7-10-11(15)8-12(16)13(10)17/h4,6-8,12-13,16-17H,2-3,5H2,1H3/p+1. The maximum Gasteiger partial charge on any atom is 0.163 e. The summed E-state index contributed by atoms with van der Waals surface area (Å²) >= 11 is 0. The van der Waals surface area contributed by atoms with E-state index in [9.17, 15) is 15.3 Å². The van der Waals surface area contributed by atoms with Crippen LogP contribution in [0.15, 0.2) is 35.1 Å². The largest absolute Gasteiger partial charge is 0.508 e. The lowest BCUT2D eigenvalue weighted by Gasteiger charge is -2.09. The Labute approximate surface area is 101 Å². The fourth-order valence-electron chi connectivity index (χ4n) is 2.08. The predicted octanol–water partition coefficient (Wildman–Crippen LogP) is 0.523. The van der Waals surface area contributed by atoms with Gasteiger partial charge in [0.2, 0.25) is 0 Å². The first-order chi connectivity index (χ1) is 8.08. The van der Waals surface area contributed by atoms with E-state index in [4.69, 9.17) is 0 Å². The van der Waals surface area contributed by atoms with Crippen LogP contribution in [-0.2, 0) is 0 Å². The Hall–Kier alpha value is -1.39. The van der Waals surface area contributed by atoms with Gasteiger partial charge >= 0.3 is 0 Å². The van der Waals surface area contributed by atoms with E-state index in [-0.39, 0.29) is 5.76 Å². The van der Waals surface area contributed by atoms with Crippen LogP contribution in [-0.4, -0.2) is 51.9 Å². The fourth-order valence-corrected chi connectivity index (χ4v) is 2.08. The van der Waals surface area contributed by atoms with Crippen molar-refractivity contribution in [2.45, 2.75) is 25.0 Å². The average molecular weight is 236 g/mol. The van der Waals surface area contributed by atoms with Crippen LogP contribution in [0.25, 0.3) is 0 Å². The van der Waals surface area contributed by atoms with Crippen molar-refractivity contribution in [1.82, 2.24) is 0 Å². The minimum Gasteiger partial charge on any atom is -0.508 e. The lowest BCUT2D eigenvalue weighted by molar-refractivity contribution is -0.491. The number of hydrogen-bond donors (Lipinski definition) is 3. The van der Waals surface area contributed by atoms with Crippen molar-refractivity contribution in [3.05, 3.63) is 35.1 Å². The molecule has 17 heavy (non-hydrogen) atoms. The van der Waals surface area contributed by atoms with Crippen LogP contribution < -0.4 is 0 Å².